The summed E-state index contributed by atoms with van der Waals surface area (Å²) in [7, 11) is 3.32. The Morgan fingerprint density at radius 2 is 1.88 bits per heavy atom. The molecule has 0 saturated carbocycles. The Bertz CT molecular complexity index is 1010. The molecular weight excluding hydrogens is 314 g/mol. The van der Waals surface area contributed by atoms with E-state index >= 15 is 0 Å². The number of fused-ring (bicyclic) bond motifs is 1. The number of nitrogens with one attached hydrogen (secondary N) is 2. The molecule has 3 aromatic rings. The first-order chi connectivity index (χ1) is 12.1. The fourth-order valence-electron chi connectivity index (χ4n) is 2.97. The van der Waals surface area contributed by atoms with Gasteiger partial charge in [-0.05, 0) is 30.7 Å². The van der Waals surface area contributed by atoms with Crippen molar-refractivity contribution in [3.63, 3.8) is 0 Å². The molecule has 0 radical (unpaired) electrons. The molecule has 6 heteroatoms. The number of carbonyl (C=O) groups is 1. The second-order valence-electron chi connectivity index (χ2n) is 5.78. The Morgan fingerprint density at radius 1 is 1.16 bits per heavy atom. The first-order valence-electron chi connectivity index (χ1n) is 8.06. The molecule has 6 nitrogen and oxygen atoms in total. The largest absolute Gasteiger partial charge is 0.354 e. The molecule has 0 aliphatic rings. The van der Waals surface area contributed by atoms with E-state index in [1.54, 1.807) is 24.7 Å². The van der Waals surface area contributed by atoms with Gasteiger partial charge >= 0.3 is 0 Å². The van der Waals surface area contributed by atoms with Crippen molar-refractivity contribution < 1.29 is 4.79 Å². The minimum Gasteiger partial charge on any atom is -0.354 e. The van der Waals surface area contributed by atoms with E-state index in [0.29, 0.717) is 23.6 Å². The van der Waals surface area contributed by atoms with Crippen LogP contribution in [0.3, 0.4) is 0 Å². The predicted octanol–water partition coefficient (Wildman–Crippen LogP) is 2.23. The van der Waals surface area contributed by atoms with Crippen LogP contribution in [0.2, 0.25) is 0 Å². The molecule has 0 fully saturated rings. The monoisotopic (exact) mass is 335 g/mol. The number of hydrogen-bond donors (Lipinski definition) is 2. The van der Waals surface area contributed by atoms with Crippen LogP contribution in [0.4, 0.5) is 0 Å². The van der Waals surface area contributed by atoms with Crippen molar-refractivity contribution in [2.24, 2.45) is 4.99 Å². The first-order valence-corrected chi connectivity index (χ1v) is 8.06. The Balaban J connectivity index is 2.30. The quantitative estimate of drug-likeness (QED) is 0.559. The van der Waals surface area contributed by atoms with Gasteiger partial charge in [-0.1, -0.05) is 30.3 Å². The van der Waals surface area contributed by atoms with Crippen molar-refractivity contribution in [3.8, 4) is 0 Å². The number of carbonyl (C=O) groups excluding carboxylic acids is 1. The zero-order valence-corrected chi connectivity index (χ0v) is 14.6. The normalized spacial score (nSPS) is 11.7. The summed E-state index contributed by atoms with van der Waals surface area (Å²) in [5, 5.41) is 10.9. The molecule has 0 atom stereocenters. The Morgan fingerprint density at radius 3 is 2.52 bits per heavy atom. The fourth-order valence-corrected chi connectivity index (χ4v) is 2.97. The Labute approximate surface area is 146 Å². The van der Waals surface area contributed by atoms with Gasteiger partial charge in [0.2, 0.25) is 0 Å². The van der Waals surface area contributed by atoms with Gasteiger partial charge in [0, 0.05) is 20.6 Å². The van der Waals surface area contributed by atoms with Crippen LogP contribution in [-0.2, 0) is 6.54 Å². The number of nitrogens with zero attached hydrogens (tertiary/aromatic N) is 3. The Kier molecular flexibility index (Phi) is 4.52. The highest BCUT2D eigenvalue weighted by atomic mass is 16.1. The Hall–Kier alpha value is -3.15. The molecule has 3 rings (SSSR count). The van der Waals surface area contributed by atoms with Gasteiger partial charge in [-0.2, -0.15) is 0 Å². The highest BCUT2D eigenvalue weighted by Gasteiger charge is 2.17. The van der Waals surface area contributed by atoms with Crippen molar-refractivity contribution in [1.82, 2.24) is 14.5 Å². The van der Waals surface area contributed by atoms with Crippen LogP contribution in [0, 0.1) is 5.41 Å². The van der Waals surface area contributed by atoms with E-state index in [2.05, 4.69) is 10.3 Å². The fraction of sp³-hybridized carbons (Fsp3) is 0.211. The van der Waals surface area contributed by atoms with Crippen LogP contribution in [0.1, 0.15) is 23.0 Å². The standard InChI is InChI=1S/C19H21N5O/c1-13(21-2)24-16-11-17(19(25)22-3)23(15(16)9-10-18(24)20)12-14-7-5-4-6-8-14/h4-11,20H,12H2,1-3H3,(H,22,25). The van der Waals surface area contributed by atoms with Crippen molar-refractivity contribution >= 4 is 22.8 Å². The van der Waals surface area contributed by atoms with Gasteiger partial charge in [-0.3, -0.25) is 19.8 Å². The number of aromatic nitrogens is 2. The van der Waals surface area contributed by atoms with Crippen molar-refractivity contribution in [2.75, 3.05) is 14.1 Å². The predicted molar refractivity (Wildman–Crippen MR) is 99.1 cm³/mol. The number of amides is 1. The molecule has 0 saturated heterocycles. The van der Waals surface area contributed by atoms with E-state index in [1.165, 1.54) is 0 Å². The third-order valence-electron chi connectivity index (χ3n) is 4.29. The van der Waals surface area contributed by atoms with Crippen molar-refractivity contribution in [2.45, 2.75) is 13.5 Å². The summed E-state index contributed by atoms with van der Waals surface area (Å²) in [6, 6.07) is 15.4. The third kappa shape index (κ3) is 2.98. The highest BCUT2D eigenvalue weighted by molar-refractivity contribution is 6.00. The van der Waals surface area contributed by atoms with E-state index in [1.807, 2.05) is 54.0 Å². The second kappa shape index (κ2) is 6.76. The van der Waals surface area contributed by atoms with E-state index in [-0.39, 0.29) is 5.91 Å². The maximum Gasteiger partial charge on any atom is 0.267 e. The number of pyridine rings is 1. The van der Waals surface area contributed by atoms with Gasteiger partial charge in [0.15, 0.2) is 0 Å². The van der Waals surface area contributed by atoms with Gasteiger partial charge in [0.05, 0.1) is 11.0 Å². The van der Waals surface area contributed by atoms with Gasteiger partial charge in [-0.25, -0.2) is 0 Å². The van der Waals surface area contributed by atoms with Crippen LogP contribution in [0.5, 0.6) is 0 Å². The average molecular weight is 335 g/mol. The zero-order valence-electron chi connectivity index (χ0n) is 14.6. The van der Waals surface area contributed by atoms with Gasteiger partial charge in [-0.15, -0.1) is 0 Å². The van der Waals surface area contributed by atoms with E-state index in [4.69, 9.17) is 5.41 Å². The lowest BCUT2D eigenvalue weighted by molar-refractivity contribution is 0.0955. The lowest BCUT2D eigenvalue weighted by Crippen LogP contribution is -2.24. The summed E-state index contributed by atoms with van der Waals surface area (Å²) < 4.78 is 3.73. The maximum atomic E-state index is 12.4. The van der Waals surface area contributed by atoms with E-state index in [0.717, 1.165) is 16.6 Å². The van der Waals surface area contributed by atoms with Crippen molar-refractivity contribution in [1.29, 1.82) is 5.41 Å². The van der Waals surface area contributed by atoms with E-state index in [9.17, 15) is 4.79 Å². The molecular formula is C19H21N5O. The first kappa shape index (κ1) is 16.7. The maximum absolute atomic E-state index is 12.4. The molecule has 2 N–H and O–H groups in total. The molecule has 1 amide bonds. The lowest BCUT2D eigenvalue weighted by atomic mass is 10.2. The van der Waals surface area contributed by atoms with Crippen molar-refractivity contribution in [3.05, 3.63) is 65.3 Å². The molecule has 2 heterocycles. The smallest absolute Gasteiger partial charge is 0.267 e. The second-order valence-corrected chi connectivity index (χ2v) is 5.78. The molecule has 0 spiro atoms. The molecule has 0 bridgehead atoms. The van der Waals surface area contributed by atoms with Gasteiger partial charge in [0.25, 0.3) is 5.91 Å². The summed E-state index contributed by atoms with van der Waals surface area (Å²) in [6.45, 7) is 2.43. The van der Waals surface area contributed by atoms with Crippen LogP contribution in [0.15, 0.2) is 53.5 Å². The number of benzene rings is 1. The van der Waals surface area contributed by atoms with Crippen LogP contribution < -0.4 is 10.8 Å². The molecule has 128 valence electrons. The van der Waals surface area contributed by atoms with Gasteiger partial charge < -0.3 is 9.88 Å². The van der Waals surface area contributed by atoms with Gasteiger partial charge in [0.1, 0.15) is 17.0 Å². The molecule has 0 aliphatic carbocycles. The van der Waals surface area contributed by atoms with Crippen LogP contribution >= 0.6 is 0 Å². The summed E-state index contributed by atoms with van der Waals surface area (Å²) >= 11 is 0. The molecule has 2 aromatic heterocycles. The molecule has 0 unspecified atom stereocenters. The topological polar surface area (TPSA) is 75.2 Å². The summed E-state index contributed by atoms with van der Waals surface area (Å²) in [5.41, 5.74) is 3.68. The lowest BCUT2D eigenvalue weighted by Gasteiger charge is -2.11. The van der Waals surface area contributed by atoms with Crippen LogP contribution in [-0.4, -0.2) is 35.0 Å². The molecule has 0 aliphatic heterocycles. The summed E-state index contributed by atoms with van der Waals surface area (Å²) in [6.07, 6.45) is 0. The molecule has 1 aromatic carbocycles. The number of rotatable bonds is 3. The minimum absolute atomic E-state index is 0.156. The van der Waals surface area contributed by atoms with E-state index < -0.39 is 0 Å². The average Bonchev–Trinajstić information content (AvgIpc) is 2.99. The summed E-state index contributed by atoms with van der Waals surface area (Å²) in [5.74, 6) is 0.548. The number of aliphatic imine (C=N–C) groups is 1. The molecule has 25 heavy (non-hydrogen) atoms. The van der Waals surface area contributed by atoms with Crippen LogP contribution in [0.25, 0.3) is 11.0 Å². The highest BCUT2D eigenvalue weighted by Crippen LogP contribution is 2.20. The zero-order chi connectivity index (χ0) is 18.0. The minimum atomic E-state index is -0.156. The third-order valence-corrected chi connectivity index (χ3v) is 4.29. The SMILES string of the molecule is CN=C(C)n1c(=N)ccc2c1cc(C(=O)NC)n2Cc1ccccc1. The number of hydrogen-bond acceptors (Lipinski definition) is 3. The summed E-state index contributed by atoms with van der Waals surface area (Å²) in [4.78, 5) is 16.6.